The molecule has 1 aliphatic rings. The Balaban J connectivity index is 2.61. The molecule has 0 aromatic carbocycles. The van der Waals surface area contributed by atoms with Crippen LogP contribution < -0.4 is 5.73 Å². The summed E-state index contributed by atoms with van der Waals surface area (Å²) in [5.74, 6) is 0. The van der Waals surface area contributed by atoms with Gasteiger partial charge in [0, 0.05) is 5.61 Å². The molecule has 0 amide bonds. The number of hydrogen-bond acceptors (Lipinski definition) is 3. The molecular formula is C3H6BN3. The van der Waals surface area contributed by atoms with Crippen LogP contribution in [-0.2, 0) is 0 Å². The van der Waals surface area contributed by atoms with E-state index in [1.165, 1.54) is 0 Å². The minimum absolute atomic E-state index is 0.623. The summed E-state index contributed by atoms with van der Waals surface area (Å²) in [6.07, 6.45) is 0. The molecule has 1 rings (SSSR count). The highest BCUT2D eigenvalue weighted by Gasteiger charge is 2.04. The minimum atomic E-state index is 0.623. The van der Waals surface area contributed by atoms with Crippen LogP contribution in [0.1, 0.15) is 6.92 Å². The van der Waals surface area contributed by atoms with Gasteiger partial charge in [0.2, 0.25) is 0 Å². The van der Waals surface area contributed by atoms with Crippen LogP contribution >= 0.6 is 0 Å². The van der Waals surface area contributed by atoms with E-state index < -0.39 is 0 Å². The van der Waals surface area contributed by atoms with Crippen molar-refractivity contribution in [3.63, 3.8) is 0 Å². The van der Waals surface area contributed by atoms with Gasteiger partial charge < -0.3 is 5.73 Å². The van der Waals surface area contributed by atoms with E-state index in [0.717, 1.165) is 12.9 Å². The van der Waals surface area contributed by atoms with Gasteiger partial charge in [-0.15, -0.1) is 5.10 Å². The standard InChI is InChI=1S/C3H6BN3/c1-2-4-3(5)7-6-2/h4H,1H3,(H2,5,7). The van der Waals surface area contributed by atoms with Crippen molar-refractivity contribution in [2.45, 2.75) is 6.92 Å². The van der Waals surface area contributed by atoms with Gasteiger partial charge in [0.05, 0.1) is 5.73 Å². The van der Waals surface area contributed by atoms with Gasteiger partial charge in [0.15, 0.2) is 0 Å². The molecule has 0 fully saturated rings. The zero-order valence-corrected chi connectivity index (χ0v) is 4.18. The topological polar surface area (TPSA) is 50.7 Å². The van der Waals surface area contributed by atoms with E-state index in [1.807, 2.05) is 6.92 Å². The lowest BCUT2D eigenvalue weighted by atomic mass is 9.73. The SMILES string of the molecule is CC1=NN=C(N)B1. The summed E-state index contributed by atoms with van der Waals surface area (Å²) in [6, 6.07) is 0. The third kappa shape index (κ3) is 0.794. The van der Waals surface area contributed by atoms with Gasteiger partial charge in [-0.05, 0) is 6.92 Å². The first-order valence-electron chi connectivity index (χ1n) is 2.14. The first-order valence-corrected chi connectivity index (χ1v) is 2.14. The molecule has 2 N–H and O–H groups in total. The number of amidine groups is 1. The molecule has 0 aromatic rings. The molecule has 4 heteroatoms. The van der Waals surface area contributed by atoms with E-state index in [2.05, 4.69) is 10.2 Å². The Morgan fingerprint density at radius 1 is 1.57 bits per heavy atom. The molecular weight excluding hydrogens is 88.9 g/mol. The van der Waals surface area contributed by atoms with Crippen molar-refractivity contribution in [2.24, 2.45) is 15.9 Å². The van der Waals surface area contributed by atoms with Crippen LogP contribution in [0.5, 0.6) is 0 Å². The second kappa shape index (κ2) is 1.37. The van der Waals surface area contributed by atoms with Gasteiger partial charge >= 0.3 is 0 Å². The van der Waals surface area contributed by atoms with Crippen LogP contribution in [0.2, 0.25) is 0 Å². The van der Waals surface area contributed by atoms with Crippen molar-refractivity contribution >= 4 is 18.6 Å². The molecule has 1 heterocycles. The first-order chi connectivity index (χ1) is 3.29. The second-order valence-corrected chi connectivity index (χ2v) is 1.60. The van der Waals surface area contributed by atoms with Gasteiger partial charge in [-0.1, -0.05) is 0 Å². The number of hydrogen-bond donors (Lipinski definition) is 1. The average molecular weight is 94.9 g/mol. The number of rotatable bonds is 0. The van der Waals surface area contributed by atoms with Crippen LogP contribution in [0, 0.1) is 0 Å². The summed E-state index contributed by atoms with van der Waals surface area (Å²) in [4.78, 5) is 0. The Morgan fingerprint density at radius 2 is 2.29 bits per heavy atom. The summed E-state index contributed by atoms with van der Waals surface area (Å²) in [5.41, 5.74) is 6.88. The Labute approximate surface area is 42.6 Å². The Hall–Kier alpha value is -0.795. The van der Waals surface area contributed by atoms with E-state index in [-0.39, 0.29) is 0 Å². The smallest absolute Gasteiger partial charge is 0.260 e. The lowest BCUT2D eigenvalue weighted by molar-refractivity contribution is 1.25. The molecule has 0 spiro atoms. The monoisotopic (exact) mass is 95.1 g/mol. The molecule has 36 valence electrons. The van der Waals surface area contributed by atoms with Crippen LogP contribution in [0.15, 0.2) is 10.2 Å². The lowest BCUT2D eigenvalue weighted by Crippen LogP contribution is -2.20. The summed E-state index contributed by atoms with van der Waals surface area (Å²) < 4.78 is 0. The van der Waals surface area contributed by atoms with Crippen molar-refractivity contribution < 1.29 is 0 Å². The zero-order valence-electron chi connectivity index (χ0n) is 4.18. The molecule has 0 radical (unpaired) electrons. The maximum atomic E-state index is 5.26. The van der Waals surface area contributed by atoms with E-state index in [9.17, 15) is 0 Å². The maximum Gasteiger partial charge on any atom is 0.260 e. The van der Waals surface area contributed by atoms with Gasteiger partial charge in [-0.25, -0.2) is 0 Å². The van der Waals surface area contributed by atoms with Crippen molar-refractivity contribution in [3.05, 3.63) is 0 Å². The predicted octanol–water partition coefficient (Wildman–Crippen LogP) is -0.915. The lowest BCUT2D eigenvalue weighted by Gasteiger charge is -1.78. The van der Waals surface area contributed by atoms with Crippen LogP contribution in [0.4, 0.5) is 0 Å². The summed E-state index contributed by atoms with van der Waals surface area (Å²) in [5, 5.41) is 7.30. The Kier molecular flexibility index (Phi) is 0.853. The molecule has 0 aliphatic carbocycles. The molecule has 1 aliphatic heterocycles. The van der Waals surface area contributed by atoms with E-state index >= 15 is 0 Å². The molecule has 0 aromatic heterocycles. The third-order valence-electron chi connectivity index (χ3n) is 0.786. The maximum absolute atomic E-state index is 5.26. The van der Waals surface area contributed by atoms with Gasteiger partial charge in [0.25, 0.3) is 7.28 Å². The minimum Gasteiger partial charge on any atom is -0.394 e. The number of nitrogens with zero attached hydrogens (tertiary/aromatic N) is 2. The quantitative estimate of drug-likeness (QED) is 0.389. The van der Waals surface area contributed by atoms with Crippen LogP contribution in [0.25, 0.3) is 0 Å². The third-order valence-corrected chi connectivity index (χ3v) is 0.786. The summed E-state index contributed by atoms with van der Waals surface area (Å²) in [6.45, 7) is 1.91. The molecule has 3 nitrogen and oxygen atoms in total. The highest BCUT2D eigenvalue weighted by molar-refractivity contribution is 6.99. The van der Waals surface area contributed by atoms with Gasteiger partial charge in [0.1, 0.15) is 0 Å². The Morgan fingerprint density at radius 3 is 2.43 bits per heavy atom. The number of nitrogens with two attached hydrogens (primary N) is 1. The second-order valence-electron chi connectivity index (χ2n) is 1.60. The van der Waals surface area contributed by atoms with Gasteiger partial charge in [-0.2, -0.15) is 5.10 Å². The molecule has 0 bridgehead atoms. The van der Waals surface area contributed by atoms with Crippen LogP contribution in [0.3, 0.4) is 0 Å². The van der Waals surface area contributed by atoms with E-state index in [4.69, 9.17) is 5.73 Å². The predicted molar refractivity (Wildman–Crippen MR) is 31.9 cm³/mol. The molecule has 7 heavy (non-hydrogen) atoms. The first kappa shape index (κ1) is 4.37. The average Bonchev–Trinajstić information content (AvgIpc) is 1.87. The Bertz CT molecular complexity index is 121. The highest BCUT2D eigenvalue weighted by Crippen LogP contribution is 1.85. The summed E-state index contributed by atoms with van der Waals surface area (Å²) >= 11 is 0. The van der Waals surface area contributed by atoms with Crippen molar-refractivity contribution in [1.82, 2.24) is 0 Å². The van der Waals surface area contributed by atoms with E-state index in [1.54, 1.807) is 0 Å². The largest absolute Gasteiger partial charge is 0.394 e. The molecule has 0 saturated heterocycles. The molecule has 0 unspecified atom stereocenters. The zero-order chi connectivity index (χ0) is 5.28. The van der Waals surface area contributed by atoms with Crippen molar-refractivity contribution in [3.8, 4) is 0 Å². The molecule has 0 saturated carbocycles. The van der Waals surface area contributed by atoms with Crippen molar-refractivity contribution in [1.29, 1.82) is 0 Å². The van der Waals surface area contributed by atoms with Crippen LogP contribution in [-0.4, -0.2) is 18.6 Å². The summed E-state index contributed by atoms with van der Waals surface area (Å²) in [7, 11) is 0.750. The fourth-order valence-corrected chi connectivity index (χ4v) is 0.482. The van der Waals surface area contributed by atoms with Gasteiger partial charge in [-0.3, -0.25) is 0 Å². The fraction of sp³-hybridized carbons (Fsp3) is 0.333. The highest BCUT2D eigenvalue weighted by atomic mass is 15.2. The molecule has 0 atom stereocenters. The fourth-order valence-electron chi connectivity index (χ4n) is 0.482. The van der Waals surface area contributed by atoms with E-state index in [0.29, 0.717) is 5.73 Å². The van der Waals surface area contributed by atoms with Crippen molar-refractivity contribution in [2.75, 3.05) is 0 Å². The normalized spacial score (nSPS) is 17.9.